The van der Waals surface area contributed by atoms with Crippen LogP contribution in [0.1, 0.15) is 46.5 Å². The van der Waals surface area contributed by atoms with Crippen LogP contribution in [0.4, 0.5) is 0 Å². The van der Waals surface area contributed by atoms with Gasteiger partial charge in [0, 0.05) is 12.1 Å². The summed E-state index contributed by atoms with van der Waals surface area (Å²) in [6.07, 6.45) is 5.53. The summed E-state index contributed by atoms with van der Waals surface area (Å²) >= 11 is 0. The Morgan fingerprint density at radius 1 is 1.36 bits per heavy atom. The van der Waals surface area contributed by atoms with Crippen molar-refractivity contribution in [3.63, 3.8) is 0 Å². The fourth-order valence-electron chi connectivity index (χ4n) is 2.16. The van der Waals surface area contributed by atoms with Gasteiger partial charge < -0.3 is 10.2 Å². The third kappa shape index (κ3) is 4.43. The molecule has 84 valence electrons. The molecule has 0 radical (unpaired) electrons. The van der Waals surface area contributed by atoms with E-state index < -0.39 is 0 Å². The molecule has 1 atom stereocenters. The molecule has 0 aromatic rings. The average Bonchev–Trinajstić information content (AvgIpc) is 2.15. The van der Waals surface area contributed by atoms with E-state index in [0.717, 1.165) is 6.04 Å². The lowest BCUT2D eigenvalue weighted by Crippen LogP contribution is -2.39. The zero-order valence-corrected chi connectivity index (χ0v) is 10.1. The highest BCUT2D eigenvalue weighted by molar-refractivity contribution is 4.73. The molecule has 0 spiro atoms. The first-order valence-electron chi connectivity index (χ1n) is 6.17. The zero-order valence-electron chi connectivity index (χ0n) is 10.1. The topological polar surface area (TPSA) is 15.3 Å². The first-order valence-corrected chi connectivity index (χ1v) is 6.17. The van der Waals surface area contributed by atoms with Crippen LogP contribution in [-0.4, -0.2) is 36.6 Å². The Morgan fingerprint density at radius 3 is 2.79 bits per heavy atom. The molecule has 0 bridgehead atoms. The number of hydrogen-bond donors (Lipinski definition) is 1. The van der Waals surface area contributed by atoms with Gasteiger partial charge in [-0.3, -0.25) is 0 Å². The van der Waals surface area contributed by atoms with Crippen molar-refractivity contribution in [1.29, 1.82) is 0 Å². The van der Waals surface area contributed by atoms with Crippen molar-refractivity contribution in [2.45, 2.75) is 58.5 Å². The van der Waals surface area contributed by atoms with E-state index >= 15 is 0 Å². The fraction of sp³-hybridized carbons (Fsp3) is 1.00. The second kappa shape index (κ2) is 6.41. The summed E-state index contributed by atoms with van der Waals surface area (Å²) < 4.78 is 0. The number of nitrogens with one attached hydrogen (secondary N) is 1. The molecule has 1 heterocycles. The summed E-state index contributed by atoms with van der Waals surface area (Å²) in [6.45, 7) is 10.6. The molecule has 0 aromatic carbocycles. The highest BCUT2D eigenvalue weighted by Crippen LogP contribution is 2.15. The van der Waals surface area contributed by atoms with Crippen molar-refractivity contribution in [2.75, 3.05) is 19.6 Å². The predicted molar refractivity (Wildman–Crippen MR) is 62.6 cm³/mol. The Hall–Kier alpha value is -0.0800. The van der Waals surface area contributed by atoms with E-state index in [2.05, 4.69) is 31.0 Å². The largest absolute Gasteiger partial charge is 0.314 e. The second-order valence-electron chi connectivity index (χ2n) is 4.84. The molecule has 1 N–H and O–H groups in total. The SMILES string of the molecule is CC(C)NCCCN1CCCC[C@H]1C. The summed E-state index contributed by atoms with van der Waals surface area (Å²) in [4.78, 5) is 2.64. The van der Waals surface area contributed by atoms with E-state index in [1.54, 1.807) is 0 Å². The quantitative estimate of drug-likeness (QED) is 0.682. The summed E-state index contributed by atoms with van der Waals surface area (Å²) in [5.41, 5.74) is 0. The molecule has 1 aliphatic rings. The van der Waals surface area contributed by atoms with Crippen molar-refractivity contribution in [3.8, 4) is 0 Å². The third-order valence-corrected chi connectivity index (χ3v) is 3.12. The van der Waals surface area contributed by atoms with Crippen LogP contribution >= 0.6 is 0 Å². The van der Waals surface area contributed by atoms with Crippen LogP contribution in [0.2, 0.25) is 0 Å². The van der Waals surface area contributed by atoms with Gasteiger partial charge in [0.1, 0.15) is 0 Å². The van der Waals surface area contributed by atoms with Gasteiger partial charge in [-0.1, -0.05) is 20.3 Å². The third-order valence-electron chi connectivity index (χ3n) is 3.12. The van der Waals surface area contributed by atoms with Gasteiger partial charge in [0.15, 0.2) is 0 Å². The van der Waals surface area contributed by atoms with Gasteiger partial charge in [-0.25, -0.2) is 0 Å². The van der Waals surface area contributed by atoms with Crippen LogP contribution in [-0.2, 0) is 0 Å². The minimum Gasteiger partial charge on any atom is -0.314 e. The Balaban J connectivity index is 2.04. The minimum absolute atomic E-state index is 0.633. The Kier molecular flexibility index (Phi) is 5.49. The first-order chi connectivity index (χ1) is 6.70. The first kappa shape index (κ1) is 12.0. The fourth-order valence-corrected chi connectivity index (χ4v) is 2.16. The zero-order chi connectivity index (χ0) is 10.4. The smallest absolute Gasteiger partial charge is 0.00669 e. The molecule has 2 heteroatoms. The van der Waals surface area contributed by atoms with E-state index in [9.17, 15) is 0 Å². The van der Waals surface area contributed by atoms with Crippen LogP contribution < -0.4 is 5.32 Å². The lowest BCUT2D eigenvalue weighted by atomic mass is 10.0. The molecule has 1 saturated heterocycles. The summed E-state index contributed by atoms with van der Waals surface area (Å²) in [6, 6.07) is 1.46. The maximum absolute atomic E-state index is 3.47. The maximum atomic E-state index is 3.47. The molecule has 1 rings (SSSR count). The van der Waals surface area contributed by atoms with E-state index in [4.69, 9.17) is 0 Å². The summed E-state index contributed by atoms with van der Waals surface area (Å²) in [5.74, 6) is 0. The van der Waals surface area contributed by atoms with Crippen molar-refractivity contribution in [1.82, 2.24) is 10.2 Å². The monoisotopic (exact) mass is 198 g/mol. The van der Waals surface area contributed by atoms with Gasteiger partial charge in [-0.05, 0) is 45.8 Å². The molecule has 14 heavy (non-hydrogen) atoms. The van der Waals surface area contributed by atoms with Gasteiger partial charge in [0.2, 0.25) is 0 Å². The van der Waals surface area contributed by atoms with Crippen LogP contribution in [0.3, 0.4) is 0 Å². The second-order valence-corrected chi connectivity index (χ2v) is 4.84. The normalized spacial score (nSPS) is 24.4. The maximum Gasteiger partial charge on any atom is 0.00669 e. The molecule has 0 aliphatic carbocycles. The highest BCUT2D eigenvalue weighted by atomic mass is 15.2. The van der Waals surface area contributed by atoms with Gasteiger partial charge in [-0.2, -0.15) is 0 Å². The van der Waals surface area contributed by atoms with Gasteiger partial charge >= 0.3 is 0 Å². The van der Waals surface area contributed by atoms with Crippen molar-refractivity contribution in [2.24, 2.45) is 0 Å². The Labute approximate surface area is 89.1 Å². The van der Waals surface area contributed by atoms with E-state index in [0.29, 0.717) is 6.04 Å². The lowest BCUT2D eigenvalue weighted by Gasteiger charge is -2.33. The number of rotatable bonds is 5. The Morgan fingerprint density at radius 2 is 2.14 bits per heavy atom. The van der Waals surface area contributed by atoms with Crippen LogP contribution in [0.15, 0.2) is 0 Å². The van der Waals surface area contributed by atoms with E-state index in [1.165, 1.54) is 45.3 Å². The standard InChI is InChI=1S/C12H26N2/c1-11(2)13-8-6-10-14-9-5-4-7-12(14)3/h11-13H,4-10H2,1-3H3/t12-/m1/s1. The molecule has 0 saturated carbocycles. The number of likely N-dealkylation sites (tertiary alicyclic amines) is 1. The predicted octanol–water partition coefficient (Wildman–Crippen LogP) is 2.25. The van der Waals surface area contributed by atoms with Crippen molar-refractivity contribution in [3.05, 3.63) is 0 Å². The van der Waals surface area contributed by atoms with Crippen LogP contribution in [0.5, 0.6) is 0 Å². The molecular weight excluding hydrogens is 172 g/mol. The van der Waals surface area contributed by atoms with Gasteiger partial charge in [-0.15, -0.1) is 0 Å². The molecule has 1 aliphatic heterocycles. The van der Waals surface area contributed by atoms with Crippen LogP contribution in [0, 0.1) is 0 Å². The van der Waals surface area contributed by atoms with Crippen molar-refractivity contribution < 1.29 is 0 Å². The number of hydrogen-bond acceptors (Lipinski definition) is 2. The molecule has 1 fully saturated rings. The van der Waals surface area contributed by atoms with Crippen LogP contribution in [0.25, 0.3) is 0 Å². The van der Waals surface area contributed by atoms with Gasteiger partial charge in [0.25, 0.3) is 0 Å². The van der Waals surface area contributed by atoms with E-state index in [-0.39, 0.29) is 0 Å². The van der Waals surface area contributed by atoms with E-state index in [1.807, 2.05) is 0 Å². The Bertz CT molecular complexity index is 145. The van der Waals surface area contributed by atoms with Crippen molar-refractivity contribution >= 4 is 0 Å². The molecule has 0 amide bonds. The molecular formula is C12H26N2. The highest BCUT2D eigenvalue weighted by Gasteiger charge is 2.16. The molecule has 2 nitrogen and oxygen atoms in total. The average molecular weight is 198 g/mol. The molecule has 0 aromatic heterocycles. The lowest BCUT2D eigenvalue weighted by molar-refractivity contribution is 0.158. The molecule has 0 unspecified atom stereocenters. The minimum atomic E-state index is 0.633. The summed E-state index contributed by atoms with van der Waals surface area (Å²) in [5, 5.41) is 3.47. The summed E-state index contributed by atoms with van der Waals surface area (Å²) in [7, 11) is 0. The van der Waals surface area contributed by atoms with Gasteiger partial charge in [0.05, 0.1) is 0 Å². The number of nitrogens with zero attached hydrogens (tertiary/aromatic N) is 1. The number of piperidine rings is 1.